The number of amides is 1. The molecule has 1 saturated heterocycles. The average molecular weight is 430 g/mol. The lowest BCUT2D eigenvalue weighted by molar-refractivity contribution is -1.02. The van der Waals surface area contributed by atoms with Crippen LogP contribution >= 0.6 is 0 Å². The fourth-order valence-corrected chi connectivity index (χ4v) is 4.08. The Kier molecular flexibility index (Phi) is 8.14. The van der Waals surface area contributed by atoms with E-state index in [1.807, 2.05) is 37.3 Å². The summed E-state index contributed by atoms with van der Waals surface area (Å²) in [4.78, 5) is 15.5. The Morgan fingerprint density at radius 2 is 1.55 bits per heavy atom. The van der Waals surface area contributed by atoms with Crippen LogP contribution in [0.1, 0.15) is 18.1 Å². The lowest BCUT2D eigenvalue weighted by Gasteiger charge is -2.32. The van der Waals surface area contributed by atoms with Crippen LogP contribution in [-0.4, -0.2) is 59.5 Å². The fraction of sp³-hybridized carbons (Fsp3) is 0.458. The molecule has 7 nitrogen and oxygen atoms in total. The SMILES string of the molecule is COc1ccc(CNC(=O)[C@@H](C)[NH+]2CC[NH+](Cc3ccc(OC)c(OC)c3)CC2)cc1. The molecule has 0 aliphatic carbocycles. The Balaban J connectivity index is 1.45. The average Bonchev–Trinajstić information content (AvgIpc) is 2.82. The van der Waals surface area contributed by atoms with E-state index in [1.165, 1.54) is 15.4 Å². The molecule has 2 aromatic carbocycles. The van der Waals surface area contributed by atoms with Crippen LogP contribution in [0.3, 0.4) is 0 Å². The van der Waals surface area contributed by atoms with Gasteiger partial charge in [-0.1, -0.05) is 12.1 Å². The van der Waals surface area contributed by atoms with Gasteiger partial charge in [-0.2, -0.15) is 0 Å². The van der Waals surface area contributed by atoms with Gasteiger partial charge in [0.15, 0.2) is 17.5 Å². The second-order valence-corrected chi connectivity index (χ2v) is 8.06. The van der Waals surface area contributed by atoms with Crippen LogP contribution in [0.5, 0.6) is 17.2 Å². The quantitative estimate of drug-likeness (QED) is 0.512. The third-order valence-electron chi connectivity index (χ3n) is 6.13. The van der Waals surface area contributed by atoms with Crippen molar-refractivity contribution in [2.75, 3.05) is 47.5 Å². The molecule has 1 atom stereocenters. The lowest BCUT2D eigenvalue weighted by Crippen LogP contribution is -3.29. The highest BCUT2D eigenvalue weighted by atomic mass is 16.5. The molecule has 0 bridgehead atoms. The van der Waals surface area contributed by atoms with Crippen LogP contribution in [0.4, 0.5) is 0 Å². The predicted octanol–water partition coefficient (Wildman–Crippen LogP) is -0.299. The van der Waals surface area contributed by atoms with Crippen molar-refractivity contribution in [3.05, 3.63) is 53.6 Å². The summed E-state index contributed by atoms with van der Waals surface area (Å²) in [5.74, 6) is 2.45. The van der Waals surface area contributed by atoms with Crippen molar-refractivity contribution < 1.29 is 28.8 Å². The van der Waals surface area contributed by atoms with Crippen molar-refractivity contribution >= 4 is 5.91 Å². The Labute approximate surface area is 184 Å². The summed E-state index contributed by atoms with van der Waals surface area (Å²) in [6.07, 6.45) is 0. The van der Waals surface area contributed by atoms with Gasteiger partial charge in [0.2, 0.25) is 0 Å². The molecular formula is C24H35N3O4+2. The largest absolute Gasteiger partial charge is 0.497 e. The standard InChI is InChI=1S/C24H33N3O4/c1-18(24(28)25-16-19-5-8-21(29-2)9-6-19)27-13-11-26(12-14-27)17-20-7-10-22(30-3)23(15-20)31-4/h5-10,15,18H,11-14,16-17H2,1-4H3,(H,25,28)/p+2/t18-/m1/s1. The zero-order valence-electron chi connectivity index (χ0n) is 19.0. The Morgan fingerprint density at radius 3 is 2.16 bits per heavy atom. The lowest BCUT2D eigenvalue weighted by atomic mass is 10.1. The highest BCUT2D eigenvalue weighted by Crippen LogP contribution is 2.27. The van der Waals surface area contributed by atoms with Crippen LogP contribution in [0.15, 0.2) is 42.5 Å². The van der Waals surface area contributed by atoms with Gasteiger partial charge in [0.25, 0.3) is 5.91 Å². The van der Waals surface area contributed by atoms with Crippen molar-refractivity contribution in [3.63, 3.8) is 0 Å². The molecule has 31 heavy (non-hydrogen) atoms. The molecule has 0 saturated carbocycles. The molecule has 1 aliphatic rings. The normalized spacial score (nSPS) is 19.4. The summed E-state index contributed by atoms with van der Waals surface area (Å²) in [5, 5.41) is 3.07. The van der Waals surface area contributed by atoms with Crippen LogP contribution in [0.2, 0.25) is 0 Å². The number of methoxy groups -OCH3 is 3. The molecule has 0 radical (unpaired) electrons. The molecule has 1 amide bonds. The summed E-state index contributed by atoms with van der Waals surface area (Å²) >= 11 is 0. The molecule has 3 rings (SSSR count). The van der Waals surface area contributed by atoms with E-state index < -0.39 is 0 Å². The number of hydrogen-bond acceptors (Lipinski definition) is 4. The van der Waals surface area contributed by atoms with E-state index >= 15 is 0 Å². The van der Waals surface area contributed by atoms with Gasteiger partial charge >= 0.3 is 0 Å². The van der Waals surface area contributed by atoms with Gasteiger partial charge in [-0.25, -0.2) is 0 Å². The number of carbonyl (C=O) groups is 1. The van der Waals surface area contributed by atoms with E-state index in [9.17, 15) is 4.79 Å². The number of piperazine rings is 1. The first-order valence-electron chi connectivity index (χ1n) is 10.8. The molecule has 1 fully saturated rings. The van der Waals surface area contributed by atoms with Gasteiger partial charge in [-0.15, -0.1) is 0 Å². The van der Waals surface area contributed by atoms with Crippen molar-refractivity contribution in [2.24, 2.45) is 0 Å². The minimum absolute atomic E-state index is 0.0547. The highest BCUT2D eigenvalue weighted by Gasteiger charge is 2.31. The maximum absolute atomic E-state index is 12.7. The highest BCUT2D eigenvalue weighted by molar-refractivity contribution is 5.79. The topological polar surface area (TPSA) is 65.7 Å². The zero-order chi connectivity index (χ0) is 22.2. The van der Waals surface area contributed by atoms with Gasteiger partial charge in [0.05, 0.1) is 21.3 Å². The number of hydrogen-bond donors (Lipinski definition) is 3. The molecule has 7 heteroatoms. The van der Waals surface area contributed by atoms with E-state index in [2.05, 4.69) is 17.4 Å². The van der Waals surface area contributed by atoms with E-state index in [1.54, 1.807) is 21.3 Å². The Morgan fingerprint density at radius 1 is 0.903 bits per heavy atom. The first-order chi connectivity index (χ1) is 15.0. The first kappa shape index (κ1) is 22.9. The van der Waals surface area contributed by atoms with Crippen LogP contribution in [-0.2, 0) is 17.9 Å². The second kappa shape index (κ2) is 11.0. The summed E-state index contributed by atoms with van der Waals surface area (Å²) in [6.45, 7) is 7.57. The molecule has 2 aromatic rings. The maximum Gasteiger partial charge on any atom is 0.278 e. The van der Waals surface area contributed by atoms with Crippen LogP contribution in [0.25, 0.3) is 0 Å². The third kappa shape index (κ3) is 6.12. The number of nitrogens with one attached hydrogen (secondary N) is 3. The van der Waals surface area contributed by atoms with Crippen molar-refractivity contribution in [2.45, 2.75) is 26.1 Å². The minimum Gasteiger partial charge on any atom is -0.497 e. The van der Waals surface area contributed by atoms with Crippen LogP contribution < -0.4 is 29.3 Å². The molecule has 0 unspecified atom stereocenters. The van der Waals surface area contributed by atoms with Crippen molar-refractivity contribution in [3.8, 4) is 17.2 Å². The molecule has 1 heterocycles. The summed E-state index contributed by atoms with van der Waals surface area (Å²) in [5.41, 5.74) is 2.31. The van der Waals surface area contributed by atoms with Gasteiger partial charge in [-0.3, -0.25) is 4.79 Å². The van der Waals surface area contributed by atoms with E-state index in [0.717, 1.165) is 55.5 Å². The van der Waals surface area contributed by atoms with Crippen molar-refractivity contribution in [1.82, 2.24) is 5.32 Å². The molecule has 0 aromatic heterocycles. The van der Waals surface area contributed by atoms with E-state index in [4.69, 9.17) is 14.2 Å². The molecule has 3 N–H and O–H groups in total. The summed E-state index contributed by atoms with van der Waals surface area (Å²) in [6, 6.07) is 13.8. The maximum atomic E-state index is 12.7. The van der Waals surface area contributed by atoms with Crippen LogP contribution in [0, 0.1) is 0 Å². The van der Waals surface area contributed by atoms with E-state index in [-0.39, 0.29) is 11.9 Å². The molecule has 1 aliphatic heterocycles. The number of rotatable bonds is 9. The van der Waals surface area contributed by atoms with Gasteiger partial charge in [0.1, 0.15) is 38.5 Å². The number of carbonyl (C=O) groups excluding carboxylic acids is 1. The predicted molar refractivity (Wildman–Crippen MR) is 119 cm³/mol. The summed E-state index contributed by atoms with van der Waals surface area (Å²) < 4.78 is 15.9. The van der Waals surface area contributed by atoms with E-state index in [0.29, 0.717) is 6.54 Å². The molecule has 168 valence electrons. The van der Waals surface area contributed by atoms with Gasteiger partial charge < -0.3 is 29.3 Å². The van der Waals surface area contributed by atoms with Gasteiger partial charge in [0, 0.05) is 12.1 Å². The van der Waals surface area contributed by atoms with Gasteiger partial charge in [-0.05, 0) is 42.8 Å². The first-order valence-corrected chi connectivity index (χ1v) is 10.8. The number of ether oxygens (including phenoxy) is 3. The Bertz CT molecular complexity index is 848. The number of benzene rings is 2. The molecular weight excluding hydrogens is 394 g/mol. The molecule has 0 spiro atoms. The van der Waals surface area contributed by atoms with Crippen molar-refractivity contribution in [1.29, 1.82) is 0 Å². The Hall–Kier alpha value is -2.77. The minimum atomic E-state index is -0.0547. The fourth-order valence-electron chi connectivity index (χ4n) is 4.08. The smallest absolute Gasteiger partial charge is 0.278 e. The third-order valence-corrected chi connectivity index (χ3v) is 6.13. The monoisotopic (exact) mass is 429 g/mol. The summed E-state index contributed by atoms with van der Waals surface area (Å²) in [7, 11) is 4.97. The number of quaternary nitrogens is 2. The second-order valence-electron chi connectivity index (χ2n) is 8.06. The zero-order valence-corrected chi connectivity index (χ0v) is 19.0.